The van der Waals surface area contributed by atoms with Crippen molar-refractivity contribution in [3.63, 3.8) is 0 Å². The molecule has 0 aromatic heterocycles. The maximum Gasteiger partial charge on any atom is 0.139 e. The van der Waals surface area contributed by atoms with E-state index < -0.39 is 11.4 Å². The zero-order valence-electron chi connectivity index (χ0n) is 7.52. The molecule has 13 heavy (non-hydrogen) atoms. The molecule has 0 radical (unpaired) electrons. The molecule has 1 atom stereocenters. The first kappa shape index (κ1) is 10.2. The van der Waals surface area contributed by atoms with E-state index in [2.05, 4.69) is 18.0 Å². The number of benzene rings is 1. The van der Waals surface area contributed by atoms with Gasteiger partial charge in [-0.25, -0.2) is 4.21 Å². The maximum atomic E-state index is 10.2. The van der Waals surface area contributed by atoms with Gasteiger partial charge in [0, 0.05) is 0 Å². The summed E-state index contributed by atoms with van der Waals surface area (Å²) in [5.41, 5.74) is 1.16. The van der Waals surface area contributed by atoms with Crippen LogP contribution in [-0.4, -0.2) is 8.76 Å². The molecular weight excluding hydrogens is 188 g/mol. The lowest BCUT2D eigenvalue weighted by atomic mass is 10.0. The lowest BCUT2D eigenvalue weighted by Gasteiger charge is -2.08. The van der Waals surface area contributed by atoms with E-state index in [0.717, 1.165) is 5.56 Å². The molecule has 0 aliphatic rings. The molecule has 0 heterocycles. The van der Waals surface area contributed by atoms with Crippen molar-refractivity contribution in [2.45, 2.75) is 19.8 Å². The Labute approximate surface area is 80.2 Å². The Morgan fingerprint density at radius 2 is 1.85 bits per heavy atom. The van der Waals surface area contributed by atoms with Crippen molar-refractivity contribution >= 4 is 11.4 Å². The van der Waals surface area contributed by atoms with Crippen LogP contribution in [-0.2, 0) is 11.4 Å². The smallest absolute Gasteiger partial charge is 0.139 e. The van der Waals surface area contributed by atoms with Gasteiger partial charge in [0.05, 0.1) is 0 Å². The Kier molecular flexibility index (Phi) is 3.45. The molecule has 0 saturated carbocycles. The molecule has 0 saturated heterocycles. The van der Waals surface area contributed by atoms with Gasteiger partial charge >= 0.3 is 0 Å². The van der Waals surface area contributed by atoms with Gasteiger partial charge in [-0.05, 0) is 23.6 Å². The second kappa shape index (κ2) is 4.39. The highest BCUT2D eigenvalue weighted by Crippen LogP contribution is 2.18. The van der Waals surface area contributed by atoms with Crippen molar-refractivity contribution in [2.75, 3.05) is 0 Å². The summed E-state index contributed by atoms with van der Waals surface area (Å²) in [6, 6.07) is 7.00. The number of rotatable bonds is 3. The molecule has 1 aromatic carbocycles. The minimum Gasteiger partial charge on any atom is -0.740 e. The summed E-state index contributed by atoms with van der Waals surface area (Å²) >= 11 is -2.48. The Morgan fingerprint density at radius 1 is 1.31 bits per heavy atom. The van der Waals surface area contributed by atoms with Crippen LogP contribution in [0.25, 0.3) is 0 Å². The van der Waals surface area contributed by atoms with Gasteiger partial charge < -0.3 is 8.74 Å². The third-order valence-corrected chi connectivity index (χ3v) is 2.04. The molecule has 0 aliphatic carbocycles. The largest absolute Gasteiger partial charge is 0.740 e. The predicted molar refractivity (Wildman–Crippen MR) is 50.1 cm³/mol. The van der Waals surface area contributed by atoms with Gasteiger partial charge in [0.15, 0.2) is 0 Å². The molecule has 0 aliphatic heterocycles. The van der Waals surface area contributed by atoms with Crippen molar-refractivity contribution in [3.05, 3.63) is 29.8 Å². The van der Waals surface area contributed by atoms with Crippen LogP contribution in [0.5, 0.6) is 5.75 Å². The van der Waals surface area contributed by atoms with E-state index in [1.807, 2.05) is 12.1 Å². The number of hydrogen-bond donors (Lipinski definition) is 0. The first-order valence-electron chi connectivity index (χ1n) is 3.97. The fourth-order valence-electron chi connectivity index (χ4n) is 0.987. The topological polar surface area (TPSA) is 49.4 Å². The number of hydrogen-bond acceptors (Lipinski definition) is 3. The van der Waals surface area contributed by atoms with Crippen LogP contribution in [0.15, 0.2) is 24.3 Å². The summed E-state index contributed by atoms with van der Waals surface area (Å²) in [7, 11) is 0. The summed E-state index contributed by atoms with van der Waals surface area (Å²) < 4.78 is 24.8. The SMILES string of the molecule is CC(C)c1ccc(OS(=O)[O-])cc1. The second-order valence-corrected chi connectivity index (χ2v) is 3.59. The van der Waals surface area contributed by atoms with Crippen molar-refractivity contribution < 1.29 is 12.9 Å². The molecular formula is C9H11O3S-. The van der Waals surface area contributed by atoms with Crippen LogP contribution < -0.4 is 4.18 Å². The van der Waals surface area contributed by atoms with E-state index >= 15 is 0 Å². The van der Waals surface area contributed by atoms with E-state index in [-0.39, 0.29) is 0 Å². The van der Waals surface area contributed by atoms with Gasteiger partial charge in [-0.1, -0.05) is 26.0 Å². The quantitative estimate of drug-likeness (QED) is 0.699. The van der Waals surface area contributed by atoms with Crippen LogP contribution >= 0.6 is 0 Å². The summed E-state index contributed by atoms with van der Waals surface area (Å²) in [4.78, 5) is 0. The molecule has 0 spiro atoms. The molecule has 1 aromatic rings. The Hall–Kier alpha value is -0.870. The molecule has 0 amide bonds. The molecule has 1 unspecified atom stereocenters. The highest BCUT2D eigenvalue weighted by Gasteiger charge is 1.98. The van der Waals surface area contributed by atoms with Gasteiger partial charge in [-0.15, -0.1) is 0 Å². The van der Waals surface area contributed by atoms with Crippen LogP contribution in [0.4, 0.5) is 0 Å². The minimum atomic E-state index is -2.48. The summed E-state index contributed by atoms with van der Waals surface area (Å²) in [6.45, 7) is 4.14. The zero-order chi connectivity index (χ0) is 9.84. The summed E-state index contributed by atoms with van der Waals surface area (Å²) in [6.07, 6.45) is 0. The third kappa shape index (κ3) is 3.16. The van der Waals surface area contributed by atoms with Gasteiger partial charge in [0.1, 0.15) is 17.1 Å². The van der Waals surface area contributed by atoms with E-state index in [1.54, 1.807) is 12.1 Å². The van der Waals surface area contributed by atoms with Gasteiger partial charge in [0.2, 0.25) is 0 Å². The first-order chi connectivity index (χ1) is 6.09. The molecule has 3 nitrogen and oxygen atoms in total. The first-order valence-corrected chi connectivity index (χ1v) is 4.97. The van der Waals surface area contributed by atoms with Crippen LogP contribution in [0.3, 0.4) is 0 Å². The standard InChI is InChI=1S/C9H12O3S/c1-7(2)8-3-5-9(6-4-8)12-13(10)11/h3-7H,1-2H3,(H,10,11)/p-1. The predicted octanol–water partition coefficient (Wildman–Crippen LogP) is 1.98. The molecule has 0 N–H and O–H groups in total. The average Bonchev–Trinajstić information content (AvgIpc) is 2.04. The highest BCUT2D eigenvalue weighted by molar-refractivity contribution is 7.74. The monoisotopic (exact) mass is 199 g/mol. The summed E-state index contributed by atoms with van der Waals surface area (Å²) in [5.74, 6) is 0.782. The molecule has 72 valence electrons. The fourth-order valence-corrected chi connectivity index (χ4v) is 1.26. The maximum absolute atomic E-state index is 10.2. The Bertz CT molecular complexity index is 292. The zero-order valence-corrected chi connectivity index (χ0v) is 8.34. The second-order valence-electron chi connectivity index (χ2n) is 3.01. The molecule has 1 rings (SSSR count). The highest BCUT2D eigenvalue weighted by atomic mass is 32.2. The van der Waals surface area contributed by atoms with E-state index in [9.17, 15) is 8.76 Å². The fraction of sp³-hybridized carbons (Fsp3) is 0.333. The minimum absolute atomic E-state index is 0.345. The third-order valence-electron chi connectivity index (χ3n) is 1.71. The normalized spacial score (nSPS) is 12.9. The van der Waals surface area contributed by atoms with Crippen molar-refractivity contribution in [2.24, 2.45) is 0 Å². The molecule has 0 bridgehead atoms. The molecule has 4 heteroatoms. The van der Waals surface area contributed by atoms with Gasteiger partial charge in [-0.3, -0.25) is 0 Å². The van der Waals surface area contributed by atoms with Crippen LogP contribution in [0.2, 0.25) is 0 Å². The van der Waals surface area contributed by atoms with Crippen LogP contribution in [0, 0.1) is 0 Å². The van der Waals surface area contributed by atoms with Crippen LogP contribution in [0.1, 0.15) is 25.3 Å². The lowest BCUT2D eigenvalue weighted by molar-refractivity contribution is 0.440. The summed E-state index contributed by atoms with van der Waals surface area (Å²) in [5, 5.41) is 0. The molecule has 0 fully saturated rings. The van der Waals surface area contributed by atoms with Gasteiger partial charge in [0.25, 0.3) is 0 Å². The Morgan fingerprint density at radius 3 is 2.23 bits per heavy atom. The van der Waals surface area contributed by atoms with Crippen molar-refractivity contribution in [3.8, 4) is 5.75 Å². The van der Waals surface area contributed by atoms with Gasteiger partial charge in [-0.2, -0.15) is 0 Å². The Balaban J connectivity index is 2.75. The van der Waals surface area contributed by atoms with Crippen molar-refractivity contribution in [1.82, 2.24) is 0 Å². The van der Waals surface area contributed by atoms with E-state index in [1.165, 1.54) is 0 Å². The lowest BCUT2D eigenvalue weighted by Crippen LogP contribution is -1.97. The van der Waals surface area contributed by atoms with E-state index in [4.69, 9.17) is 0 Å². The average molecular weight is 199 g/mol. The van der Waals surface area contributed by atoms with E-state index in [0.29, 0.717) is 11.7 Å². The van der Waals surface area contributed by atoms with Crippen molar-refractivity contribution in [1.29, 1.82) is 0 Å².